The first-order chi connectivity index (χ1) is 15.8. The van der Waals surface area contributed by atoms with Crippen LogP contribution in [0.1, 0.15) is 36.3 Å². The zero-order valence-electron chi connectivity index (χ0n) is 19.2. The van der Waals surface area contributed by atoms with Gasteiger partial charge in [0.2, 0.25) is 5.91 Å². The van der Waals surface area contributed by atoms with Crippen molar-refractivity contribution in [1.82, 2.24) is 19.7 Å². The molecular weight excluding hydrogens is 440 g/mol. The molecule has 0 bridgehead atoms. The van der Waals surface area contributed by atoms with Gasteiger partial charge in [-0.1, -0.05) is 49.0 Å². The molecule has 9 nitrogen and oxygen atoms in total. The predicted octanol–water partition coefficient (Wildman–Crippen LogP) is 4.29. The highest BCUT2D eigenvalue weighted by atomic mass is 32.2. The Morgan fingerprint density at radius 2 is 1.94 bits per heavy atom. The molecule has 0 saturated carbocycles. The Morgan fingerprint density at radius 3 is 2.55 bits per heavy atom. The van der Waals surface area contributed by atoms with Crippen molar-refractivity contribution < 1.29 is 9.72 Å². The van der Waals surface area contributed by atoms with Gasteiger partial charge in [-0.15, -0.1) is 10.2 Å². The fraction of sp³-hybridized carbons (Fsp3) is 0.348. The fourth-order valence-corrected chi connectivity index (χ4v) is 4.31. The number of aromatic nitrogens is 3. The van der Waals surface area contributed by atoms with E-state index in [-0.39, 0.29) is 23.4 Å². The van der Waals surface area contributed by atoms with E-state index in [9.17, 15) is 14.9 Å². The first-order valence-electron chi connectivity index (χ1n) is 10.6. The summed E-state index contributed by atoms with van der Waals surface area (Å²) in [5, 5.41) is 23.3. The van der Waals surface area contributed by atoms with Crippen molar-refractivity contribution in [3.8, 4) is 0 Å². The van der Waals surface area contributed by atoms with Crippen molar-refractivity contribution in [3.63, 3.8) is 0 Å². The summed E-state index contributed by atoms with van der Waals surface area (Å²) >= 11 is 1.32. The lowest BCUT2D eigenvalue weighted by Gasteiger charge is -2.23. The van der Waals surface area contributed by atoms with Gasteiger partial charge >= 0.3 is 0 Å². The third-order valence-corrected chi connectivity index (χ3v) is 6.23. The van der Waals surface area contributed by atoms with E-state index < -0.39 is 4.92 Å². The van der Waals surface area contributed by atoms with Gasteiger partial charge in [0.25, 0.3) is 5.69 Å². The van der Waals surface area contributed by atoms with Crippen LogP contribution in [-0.4, -0.2) is 50.3 Å². The average Bonchev–Trinajstić information content (AvgIpc) is 3.16. The Morgan fingerprint density at radius 1 is 1.21 bits per heavy atom. The lowest BCUT2D eigenvalue weighted by atomic mass is 10.2. The average molecular weight is 469 g/mol. The number of rotatable bonds is 10. The van der Waals surface area contributed by atoms with Crippen LogP contribution in [0.25, 0.3) is 0 Å². The van der Waals surface area contributed by atoms with Gasteiger partial charge in [-0.05, 0) is 44.6 Å². The summed E-state index contributed by atoms with van der Waals surface area (Å²) in [7, 11) is 4.03. The predicted molar refractivity (Wildman–Crippen MR) is 129 cm³/mol. The molecule has 0 aliphatic heterocycles. The highest BCUT2D eigenvalue weighted by Crippen LogP contribution is 2.27. The lowest BCUT2D eigenvalue weighted by Crippen LogP contribution is -2.23. The summed E-state index contributed by atoms with van der Waals surface area (Å²) < 4.78 is 2.07. The van der Waals surface area contributed by atoms with Gasteiger partial charge < -0.3 is 9.88 Å². The van der Waals surface area contributed by atoms with Gasteiger partial charge in [0.1, 0.15) is 0 Å². The van der Waals surface area contributed by atoms with Gasteiger partial charge in [0.15, 0.2) is 11.0 Å². The molecule has 1 N–H and O–H groups in total. The molecule has 0 aliphatic carbocycles. The number of amides is 1. The van der Waals surface area contributed by atoms with E-state index in [0.29, 0.717) is 23.0 Å². The number of non-ortho nitro benzene ring substituents is 1. The van der Waals surface area contributed by atoms with Crippen LogP contribution in [0, 0.1) is 17.0 Å². The van der Waals surface area contributed by atoms with Gasteiger partial charge in [0, 0.05) is 17.8 Å². The molecular formula is C23H28N6O3S. The molecule has 0 spiro atoms. The smallest absolute Gasteiger partial charge is 0.269 e. The van der Waals surface area contributed by atoms with Gasteiger partial charge in [-0.2, -0.15) is 0 Å². The molecule has 1 heterocycles. The number of nitrogens with zero attached hydrogens (tertiary/aromatic N) is 5. The molecule has 0 aliphatic rings. The number of carbonyl (C=O) groups excluding carboxylic acids is 1. The van der Waals surface area contributed by atoms with Crippen LogP contribution >= 0.6 is 11.8 Å². The zero-order valence-corrected chi connectivity index (χ0v) is 20.0. The summed E-state index contributed by atoms with van der Waals surface area (Å²) in [5.41, 5.74) is 2.30. The summed E-state index contributed by atoms with van der Waals surface area (Å²) in [6, 6.07) is 14.6. The second kappa shape index (κ2) is 11.1. The molecule has 1 aromatic heterocycles. The first kappa shape index (κ1) is 24.4. The molecule has 0 radical (unpaired) electrons. The van der Waals surface area contributed by atoms with Crippen LogP contribution < -0.4 is 5.32 Å². The maximum absolute atomic E-state index is 12.6. The lowest BCUT2D eigenvalue weighted by molar-refractivity contribution is -0.384. The number of benzene rings is 2. The van der Waals surface area contributed by atoms with E-state index in [4.69, 9.17) is 0 Å². The van der Waals surface area contributed by atoms with Gasteiger partial charge in [-0.25, -0.2) is 0 Å². The number of nitro groups is 1. The van der Waals surface area contributed by atoms with Crippen LogP contribution in [0.3, 0.4) is 0 Å². The third kappa shape index (κ3) is 6.17. The third-order valence-electron chi connectivity index (χ3n) is 5.26. The normalized spacial score (nSPS) is 12.0. The van der Waals surface area contributed by atoms with E-state index >= 15 is 0 Å². The van der Waals surface area contributed by atoms with Crippen LogP contribution in [0.4, 0.5) is 11.4 Å². The second-order valence-electron chi connectivity index (χ2n) is 7.89. The highest BCUT2D eigenvalue weighted by Gasteiger charge is 2.23. The molecule has 2 aromatic carbocycles. The molecule has 1 atom stereocenters. The number of carbonyl (C=O) groups is 1. The molecule has 0 fully saturated rings. The minimum Gasteiger partial charge on any atom is -0.325 e. The Labute approximate surface area is 197 Å². The van der Waals surface area contributed by atoms with Crippen molar-refractivity contribution in [2.75, 3.05) is 25.2 Å². The molecule has 1 amide bonds. The van der Waals surface area contributed by atoms with Gasteiger partial charge in [0.05, 0.1) is 23.3 Å². The monoisotopic (exact) mass is 468 g/mol. The second-order valence-corrected chi connectivity index (χ2v) is 8.84. The number of hydrogen-bond acceptors (Lipinski definition) is 7. The minimum atomic E-state index is -0.455. The Balaban J connectivity index is 1.76. The highest BCUT2D eigenvalue weighted by molar-refractivity contribution is 7.99. The fourth-order valence-electron chi connectivity index (χ4n) is 3.56. The summed E-state index contributed by atoms with van der Waals surface area (Å²) in [4.78, 5) is 25.2. The topological polar surface area (TPSA) is 106 Å². The van der Waals surface area contributed by atoms with E-state index in [0.717, 1.165) is 17.8 Å². The van der Waals surface area contributed by atoms with E-state index in [1.54, 1.807) is 13.0 Å². The zero-order chi connectivity index (χ0) is 24.0. The first-order valence-corrected chi connectivity index (χ1v) is 11.6. The minimum absolute atomic E-state index is 0.00668. The van der Waals surface area contributed by atoms with Crippen molar-refractivity contribution in [2.24, 2.45) is 0 Å². The van der Waals surface area contributed by atoms with Crippen molar-refractivity contribution in [2.45, 2.75) is 38.0 Å². The van der Waals surface area contributed by atoms with Crippen molar-refractivity contribution >= 4 is 29.0 Å². The van der Waals surface area contributed by atoms with E-state index in [2.05, 4.69) is 44.0 Å². The maximum Gasteiger partial charge on any atom is 0.269 e. The number of thioether (sulfide) groups is 1. The molecule has 3 aromatic rings. The summed E-state index contributed by atoms with van der Waals surface area (Å²) in [5.74, 6) is 0.787. The molecule has 33 heavy (non-hydrogen) atoms. The number of hydrogen-bond donors (Lipinski definition) is 1. The largest absolute Gasteiger partial charge is 0.325 e. The standard InChI is InChI=1S/C23H28N6O3S/c1-5-20(27(3)4)22-25-26-23(28(22)14-17-9-7-6-8-10-17)33-15-21(30)24-19-12-11-18(29(31)32)13-16(19)2/h6-13,20H,5,14-15H2,1-4H3,(H,24,30). The number of aryl methyl sites for hydroxylation is 1. The molecule has 0 saturated heterocycles. The number of nitro benzene ring substituents is 1. The Bertz CT molecular complexity index is 1120. The van der Waals surface area contributed by atoms with Crippen LogP contribution in [0.15, 0.2) is 53.7 Å². The van der Waals surface area contributed by atoms with Crippen LogP contribution in [-0.2, 0) is 11.3 Å². The molecule has 1 unspecified atom stereocenters. The maximum atomic E-state index is 12.6. The molecule has 174 valence electrons. The number of anilines is 1. The van der Waals surface area contributed by atoms with Crippen molar-refractivity contribution in [3.05, 3.63) is 75.6 Å². The number of nitrogens with one attached hydrogen (secondary N) is 1. The van der Waals surface area contributed by atoms with Crippen molar-refractivity contribution in [1.29, 1.82) is 0 Å². The van der Waals surface area contributed by atoms with E-state index in [1.165, 1.54) is 23.9 Å². The summed E-state index contributed by atoms with van der Waals surface area (Å²) in [6.45, 7) is 4.45. The van der Waals surface area contributed by atoms with Crippen LogP contribution in [0.2, 0.25) is 0 Å². The SMILES string of the molecule is CCC(c1nnc(SCC(=O)Nc2ccc([N+](=O)[O-])cc2C)n1Cc1ccccc1)N(C)C. The Kier molecular flexibility index (Phi) is 8.18. The van der Waals surface area contributed by atoms with Crippen LogP contribution in [0.5, 0.6) is 0 Å². The Hall–Kier alpha value is -3.24. The van der Waals surface area contributed by atoms with E-state index in [1.807, 2.05) is 32.3 Å². The quantitative estimate of drug-likeness (QED) is 0.269. The van der Waals surface area contributed by atoms with Gasteiger partial charge in [-0.3, -0.25) is 19.8 Å². The molecule has 10 heteroatoms. The summed E-state index contributed by atoms with van der Waals surface area (Å²) in [6.07, 6.45) is 0.879. The molecule has 3 rings (SSSR count).